The monoisotopic (exact) mass is 447 g/mol. The first-order chi connectivity index (χ1) is 15.5. The van der Waals surface area contributed by atoms with Crippen LogP contribution < -0.4 is 5.32 Å². The largest absolute Gasteiger partial charge is 0.480 e. The van der Waals surface area contributed by atoms with E-state index in [1.54, 1.807) is 36.4 Å². The van der Waals surface area contributed by atoms with Gasteiger partial charge in [0.25, 0.3) is 5.91 Å². The van der Waals surface area contributed by atoms with Crippen molar-refractivity contribution in [2.45, 2.75) is 19.4 Å². The fourth-order valence-electron chi connectivity index (χ4n) is 3.27. The standard InChI is InChI=1S/C25H25N3O3S/c1-17-5-3-4-6-20(17)22-15-18(7-9-19-16-26-12-13-27-19)8-10-21(22)24(29)28-23(25(30)31)11-14-32-2/h3-10,12-13,15-16,23H,11,14H2,1-2H3,(H,28,29)(H,30,31)/b9-7+/t23-/m0/s1. The van der Waals surface area contributed by atoms with Gasteiger partial charge in [-0.1, -0.05) is 36.4 Å². The Morgan fingerprint density at radius 3 is 2.62 bits per heavy atom. The molecule has 0 fully saturated rings. The van der Waals surface area contributed by atoms with Crippen LogP contribution in [-0.4, -0.2) is 45.0 Å². The van der Waals surface area contributed by atoms with Gasteiger partial charge in [-0.3, -0.25) is 14.8 Å². The number of benzene rings is 2. The number of rotatable bonds is 9. The molecule has 2 N–H and O–H groups in total. The van der Waals surface area contributed by atoms with Gasteiger partial charge in [0.15, 0.2) is 0 Å². The van der Waals surface area contributed by atoms with Crippen LogP contribution in [0.15, 0.2) is 61.1 Å². The molecule has 0 saturated carbocycles. The third-order valence-corrected chi connectivity index (χ3v) is 5.61. The number of carbonyl (C=O) groups excluding carboxylic acids is 1. The van der Waals surface area contributed by atoms with Crippen molar-refractivity contribution in [1.29, 1.82) is 0 Å². The van der Waals surface area contributed by atoms with Crippen molar-refractivity contribution < 1.29 is 14.7 Å². The molecule has 0 aliphatic rings. The maximum atomic E-state index is 13.1. The fourth-order valence-corrected chi connectivity index (χ4v) is 3.74. The average Bonchev–Trinajstić information content (AvgIpc) is 2.81. The summed E-state index contributed by atoms with van der Waals surface area (Å²) in [5, 5.41) is 12.2. The molecular weight excluding hydrogens is 422 g/mol. The van der Waals surface area contributed by atoms with Gasteiger partial charge in [0.1, 0.15) is 6.04 Å². The van der Waals surface area contributed by atoms with Gasteiger partial charge in [-0.15, -0.1) is 0 Å². The van der Waals surface area contributed by atoms with E-state index >= 15 is 0 Å². The van der Waals surface area contributed by atoms with Gasteiger partial charge in [-0.25, -0.2) is 4.79 Å². The molecular formula is C25H25N3O3S. The summed E-state index contributed by atoms with van der Waals surface area (Å²) in [5.74, 6) is -0.789. The Kier molecular flexibility index (Phi) is 8.16. The Labute approximate surface area is 191 Å². The number of nitrogens with zero attached hydrogens (tertiary/aromatic N) is 2. The van der Waals surface area contributed by atoms with Crippen LogP contribution in [-0.2, 0) is 4.79 Å². The van der Waals surface area contributed by atoms with E-state index in [1.165, 1.54) is 0 Å². The lowest BCUT2D eigenvalue weighted by Gasteiger charge is -2.17. The minimum Gasteiger partial charge on any atom is -0.480 e. The van der Waals surface area contributed by atoms with E-state index in [1.807, 2.05) is 61.7 Å². The van der Waals surface area contributed by atoms with E-state index in [2.05, 4.69) is 15.3 Å². The third kappa shape index (κ3) is 6.04. The van der Waals surface area contributed by atoms with Crippen molar-refractivity contribution >= 4 is 35.8 Å². The van der Waals surface area contributed by atoms with Gasteiger partial charge in [-0.05, 0) is 65.8 Å². The first-order valence-corrected chi connectivity index (χ1v) is 11.6. The van der Waals surface area contributed by atoms with Crippen LogP contribution in [0.3, 0.4) is 0 Å². The summed E-state index contributed by atoms with van der Waals surface area (Å²) in [4.78, 5) is 33.0. The fraction of sp³-hybridized carbons (Fsp3) is 0.200. The number of hydrogen-bond donors (Lipinski definition) is 2. The number of carboxylic acids is 1. The van der Waals surface area contributed by atoms with E-state index in [-0.39, 0.29) is 0 Å². The minimum atomic E-state index is -1.03. The first-order valence-electron chi connectivity index (χ1n) is 10.2. The summed E-state index contributed by atoms with van der Waals surface area (Å²) >= 11 is 1.55. The minimum absolute atomic E-state index is 0.362. The van der Waals surface area contributed by atoms with Crippen molar-refractivity contribution in [3.8, 4) is 11.1 Å². The zero-order valence-electron chi connectivity index (χ0n) is 18.0. The number of aliphatic carboxylic acids is 1. The predicted molar refractivity (Wildman–Crippen MR) is 129 cm³/mol. The maximum absolute atomic E-state index is 13.1. The summed E-state index contributed by atoms with van der Waals surface area (Å²) in [7, 11) is 0. The molecule has 0 aliphatic heterocycles. The molecule has 0 unspecified atom stereocenters. The smallest absolute Gasteiger partial charge is 0.326 e. The van der Waals surface area contributed by atoms with Crippen LogP contribution in [0.2, 0.25) is 0 Å². The lowest BCUT2D eigenvalue weighted by molar-refractivity contribution is -0.139. The van der Waals surface area contributed by atoms with Crippen molar-refractivity contribution in [2.75, 3.05) is 12.0 Å². The molecule has 1 amide bonds. The lowest BCUT2D eigenvalue weighted by atomic mass is 9.93. The van der Waals surface area contributed by atoms with Crippen LogP contribution in [0.25, 0.3) is 23.3 Å². The highest BCUT2D eigenvalue weighted by Crippen LogP contribution is 2.29. The Morgan fingerprint density at radius 2 is 1.94 bits per heavy atom. The number of nitrogens with one attached hydrogen (secondary N) is 1. The van der Waals surface area contributed by atoms with Crippen LogP contribution in [0.1, 0.15) is 33.6 Å². The Morgan fingerprint density at radius 1 is 1.12 bits per heavy atom. The van der Waals surface area contributed by atoms with Gasteiger partial charge in [0, 0.05) is 18.0 Å². The molecule has 164 valence electrons. The van der Waals surface area contributed by atoms with Gasteiger partial charge < -0.3 is 10.4 Å². The Bertz CT molecular complexity index is 1120. The Balaban J connectivity index is 1.98. The summed E-state index contributed by atoms with van der Waals surface area (Å²) in [6, 6.07) is 12.4. The first kappa shape index (κ1) is 23.2. The van der Waals surface area contributed by atoms with Crippen molar-refractivity contribution in [1.82, 2.24) is 15.3 Å². The molecule has 0 saturated heterocycles. The van der Waals surface area contributed by atoms with Gasteiger partial charge in [0.05, 0.1) is 11.9 Å². The summed E-state index contributed by atoms with van der Waals surface area (Å²) in [5.41, 5.74) is 4.74. The quantitative estimate of drug-likeness (QED) is 0.500. The number of carboxylic acid groups (broad SMARTS) is 1. The number of thioether (sulfide) groups is 1. The third-order valence-electron chi connectivity index (χ3n) is 4.97. The lowest BCUT2D eigenvalue weighted by Crippen LogP contribution is -2.41. The number of carbonyl (C=O) groups is 2. The highest BCUT2D eigenvalue weighted by atomic mass is 32.2. The zero-order valence-corrected chi connectivity index (χ0v) is 18.8. The van der Waals surface area contributed by atoms with Crippen LogP contribution in [0.5, 0.6) is 0 Å². The zero-order chi connectivity index (χ0) is 22.9. The molecule has 7 heteroatoms. The molecule has 0 aliphatic carbocycles. The van der Waals surface area contributed by atoms with Crippen molar-refractivity contribution in [3.05, 3.63) is 83.4 Å². The molecule has 6 nitrogen and oxygen atoms in total. The molecule has 0 bridgehead atoms. The second-order valence-electron chi connectivity index (χ2n) is 7.23. The van der Waals surface area contributed by atoms with E-state index in [0.29, 0.717) is 17.7 Å². The molecule has 1 aromatic heterocycles. The van der Waals surface area contributed by atoms with Crippen LogP contribution in [0, 0.1) is 6.92 Å². The van der Waals surface area contributed by atoms with Crippen LogP contribution >= 0.6 is 11.8 Å². The molecule has 2 aromatic carbocycles. The second kappa shape index (κ2) is 11.2. The topological polar surface area (TPSA) is 92.2 Å². The van der Waals surface area contributed by atoms with Gasteiger partial charge in [0.2, 0.25) is 0 Å². The van der Waals surface area contributed by atoms with Crippen LogP contribution in [0.4, 0.5) is 0 Å². The van der Waals surface area contributed by atoms with E-state index in [0.717, 1.165) is 27.9 Å². The normalized spacial score (nSPS) is 11.9. The predicted octanol–water partition coefficient (Wildman–Crippen LogP) is 4.56. The number of amides is 1. The molecule has 0 spiro atoms. The maximum Gasteiger partial charge on any atom is 0.326 e. The molecule has 1 atom stereocenters. The average molecular weight is 448 g/mol. The highest BCUT2D eigenvalue weighted by Gasteiger charge is 2.22. The Hall–Kier alpha value is -3.45. The number of hydrogen-bond acceptors (Lipinski definition) is 5. The highest BCUT2D eigenvalue weighted by molar-refractivity contribution is 7.98. The second-order valence-corrected chi connectivity index (χ2v) is 8.21. The summed E-state index contributed by atoms with van der Waals surface area (Å²) in [6.07, 6.45) is 10.9. The molecule has 32 heavy (non-hydrogen) atoms. The SMILES string of the molecule is CSCC[C@H](NC(=O)c1ccc(/C=C/c2cnccn2)cc1-c1ccccc1C)C(=O)O. The van der Waals surface area contributed by atoms with Crippen molar-refractivity contribution in [3.63, 3.8) is 0 Å². The molecule has 3 aromatic rings. The van der Waals surface area contributed by atoms with E-state index in [9.17, 15) is 14.7 Å². The van der Waals surface area contributed by atoms with E-state index < -0.39 is 17.9 Å². The van der Waals surface area contributed by atoms with E-state index in [4.69, 9.17) is 0 Å². The molecule has 3 rings (SSSR count). The van der Waals surface area contributed by atoms with Crippen molar-refractivity contribution in [2.24, 2.45) is 0 Å². The van der Waals surface area contributed by atoms with Gasteiger partial charge >= 0.3 is 5.97 Å². The van der Waals surface area contributed by atoms with Gasteiger partial charge in [-0.2, -0.15) is 11.8 Å². The molecule has 1 heterocycles. The number of aromatic nitrogens is 2. The summed E-state index contributed by atoms with van der Waals surface area (Å²) in [6.45, 7) is 1.98. The molecule has 0 radical (unpaired) electrons. The summed E-state index contributed by atoms with van der Waals surface area (Å²) < 4.78 is 0. The number of aryl methyl sites for hydroxylation is 1.